The summed E-state index contributed by atoms with van der Waals surface area (Å²) in [6.07, 6.45) is 3.95. The van der Waals surface area contributed by atoms with Crippen LogP contribution in [-0.2, 0) is 61.6 Å². The van der Waals surface area contributed by atoms with Gasteiger partial charge in [0, 0.05) is 6.61 Å². The molecular weight excluding hydrogens is 580 g/mol. The van der Waals surface area contributed by atoms with Crippen LogP contribution in [0.25, 0.3) is 0 Å². The SMILES string of the molecule is C=CCOCCOCCOCCOCCOCCOCCOCCOCCOCCOCCOCCOCCOCCCC. The third-order valence-electron chi connectivity index (χ3n) is 5.34. The molecule has 13 nitrogen and oxygen atoms in total. The van der Waals surface area contributed by atoms with Crippen molar-refractivity contribution in [2.24, 2.45) is 0 Å². The molecule has 0 unspecified atom stereocenters. The summed E-state index contributed by atoms with van der Waals surface area (Å²) in [4.78, 5) is 0. The fourth-order valence-electron chi connectivity index (χ4n) is 3.05. The monoisotopic (exact) mass is 642 g/mol. The van der Waals surface area contributed by atoms with E-state index < -0.39 is 0 Å². The number of rotatable bonds is 41. The molecule has 0 rings (SSSR count). The van der Waals surface area contributed by atoms with Gasteiger partial charge in [-0.2, -0.15) is 0 Å². The molecule has 0 amide bonds. The second-order valence-electron chi connectivity index (χ2n) is 9.07. The van der Waals surface area contributed by atoms with Gasteiger partial charge in [-0.25, -0.2) is 0 Å². The van der Waals surface area contributed by atoms with Gasteiger partial charge in [-0.05, 0) is 6.42 Å². The van der Waals surface area contributed by atoms with E-state index in [1.54, 1.807) is 6.08 Å². The van der Waals surface area contributed by atoms with E-state index in [4.69, 9.17) is 61.6 Å². The Labute approximate surface area is 265 Å². The van der Waals surface area contributed by atoms with E-state index in [2.05, 4.69) is 13.5 Å². The van der Waals surface area contributed by atoms with Crippen molar-refractivity contribution >= 4 is 0 Å². The topological polar surface area (TPSA) is 120 Å². The number of ether oxygens (including phenoxy) is 13. The zero-order valence-electron chi connectivity index (χ0n) is 27.4. The van der Waals surface area contributed by atoms with Crippen LogP contribution in [-0.4, -0.2) is 172 Å². The van der Waals surface area contributed by atoms with Crippen molar-refractivity contribution in [3.63, 3.8) is 0 Å². The molecule has 0 bridgehead atoms. The molecule has 44 heavy (non-hydrogen) atoms. The molecule has 0 saturated carbocycles. The van der Waals surface area contributed by atoms with E-state index in [1.807, 2.05) is 0 Å². The van der Waals surface area contributed by atoms with Crippen molar-refractivity contribution in [1.29, 1.82) is 0 Å². The molecule has 0 aliphatic heterocycles. The lowest BCUT2D eigenvalue weighted by atomic mass is 10.4. The molecule has 13 heteroatoms. The Hall–Kier alpha value is -0.780. The highest BCUT2D eigenvalue weighted by Crippen LogP contribution is 1.89. The Morgan fingerprint density at radius 2 is 0.477 bits per heavy atom. The standard InChI is InChI=1S/C31H62O13/c1-3-5-7-33-9-11-35-13-15-37-17-19-39-21-23-41-25-27-43-29-31-44-30-28-42-26-24-40-22-20-38-18-16-36-14-12-34-10-8-32-6-4-2/h4H,2-3,5-31H2,1H3. The van der Waals surface area contributed by atoms with Gasteiger partial charge in [0.1, 0.15) is 0 Å². The molecule has 0 aromatic carbocycles. The van der Waals surface area contributed by atoms with Gasteiger partial charge in [0.15, 0.2) is 0 Å². The first-order chi connectivity index (χ1) is 21.9. The van der Waals surface area contributed by atoms with Crippen molar-refractivity contribution in [2.45, 2.75) is 19.8 Å². The Kier molecular flexibility index (Phi) is 41.5. The Morgan fingerprint density at radius 3 is 0.659 bits per heavy atom. The van der Waals surface area contributed by atoms with Gasteiger partial charge in [0.05, 0.1) is 165 Å². The summed E-state index contributed by atoms with van der Waals surface area (Å²) in [6, 6.07) is 0. The predicted octanol–water partition coefficient (Wildman–Crippen LogP) is 2.19. The van der Waals surface area contributed by atoms with Crippen LogP contribution < -0.4 is 0 Å². The second kappa shape index (κ2) is 42.2. The fraction of sp³-hybridized carbons (Fsp3) is 0.935. The normalized spacial score (nSPS) is 11.5. The highest BCUT2D eigenvalue weighted by atomic mass is 16.6. The minimum absolute atomic E-state index is 0.513. The largest absolute Gasteiger partial charge is 0.379 e. The van der Waals surface area contributed by atoms with Crippen LogP contribution in [0.4, 0.5) is 0 Å². The van der Waals surface area contributed by atoms with Crippen molar-refractivity contribution in [3.8, 4) is 0 Å². The third kappa shape index (κ3) is 41.2. The molecule has 0 fully saturated rings. The van der Waals surface area contributed by atoms with E-state index >= 15 is 0 Å². The zero-order valence-corrected chi connectivity index (χ0v) is 27.4. The highest BCUT2D eigenvalue weighted by molar-refractivity contribution is 4.63. The van der Waals surface area contributed by atoms with Crippen LogP contribution >= 0.6 is 0 Å². The van der Waals surface area contributed by atoms with E-state index in [1.165, 1.54) is 0 Å². The maximum Gasteiger partial charge on any atom is 0.0704 e. The Balaban J connectivity index is 3.03. The van der Waals surface area contributed by atoms with E-state index in [0.717, 1.165) is 19.4 Å². The minimum Gasteiger partial charge on any atom is -0.379 e. The van der Waals surface area contributed by atoms with Gasteiger partial charge in [0.25, 0.3) is 0 Å². The highest BCUT2D eigenvalue weighted by Gasteiger charge is 1.97. The van der Waals surface area contributed by atoms with E-state index in [-0.39, 0.29) is 0 Å². The molecule has 0 atom stereocenters. The van der Waals surface area contributed by atoms with Crippen molar-refractivity contribution in [3.05, 3.63) is 12.7 Å². The van der Waals surface area contributed by atoms with Crippen LogP contribution in [0.5, 0.6) is 0 Å². The first kappa shape index (κ1) is 43.2. The minimum atomic E-state index is 0.513. The van der Waals surface area contributed by atoms with E-state index in [0.29, 0.717) is 165 Å². The van der Waals surface area contributed by atoms with Crippen LogP contribution in [0.1, 0.15) is 19.8 Å². The van der Waals surface area contributed by atoms with Crippen LogP contribution in [0.2, 0.25) is 0 Å². The lowest BCUT2D eigenvalue weighted by Gasteiger charge is -2.09. The molecule has 0 saturated heterocycles. The van der Waals surface area contributed by atoms with Crippen LogP contribution in [0.15, 0.2) is 12.7 Å². The average molecular weight is 643 g/mol. The Bertz CT molecular complexity index is 517. The van der Waals surface area contributed by atoms with Crippen LogP contribution in [0.3, 0.4) is 0 Å². The van der Waals surface area contributed by atoms with E-state index in [9.17, 15) is 0 Å². The summed E-state index contributed by atoms with van der Waals surface area (Å²) in [7, 11) is 0. The fourth-order valence-corrected chi connectivity index (χ4v) is 3.05. The number of hydrogen-bond acceptors (Lipinski definition) is 13. The molecule has 0 aliphatic rings. The molecule has 0 aliphatic carbocycles. The lowest BCUT2D eigenvalue weighted by molar-refractivity contribution is -0.0289. The second-order valence-corrected chi connectivity index (χ2v) is 9.07. The number of unbranched alkanes of at least 4 members (excludes halogenated alkanes) is 1. The predicted molar refractivity (Wildman–Crippen MR) is 166 cm³/mol. The van der Waals surface area contributed by atoms with Gasteiger partial charge in [-0.15, -0.1) is 6.58 Å². The van der Waals surface area contributed by atoms with Gasteiger partial charge in [0.2, 0.25) is 0 Å². The van der Waals surface area contributed by atoms with Crippen LogP contribution in [0, 0.1) is 0 Å². The summed E-state index contributed by atoms with van der Waals surface area (Å²) in [6.45, 7) is 19.9. The maximum absolute atomic E-state index is 5.48. The summed E-state index contributed by atoms with van der Waals surface area (Å²) in [5.74, 6) is 0. The molecular formula is C31H62O13. The lowest BCUT2D eigenvalue weighted by Crippen LogP contribution is -2.15. The zero-order chi connectivity index (χ0) is 31.7. The van der Waals surface area contributed by atoms with Gasteiger partial charge in [-0.3, -0.25) is 0 Å². The molecule has 0 aromatic rings. The van der Waals surface area contributed by atoms with Gasteiger partial charge < -0.3 is 61.6 Å². The quantitative estimate of drug-likeness (QED) is 0.0717. The van der Waals surface area contributed by atoms with Gasteiger partial charge >= 0.3 is 0 Å². The molecule has 0 spiro atoms. The molecule has 264 valence electrons. The third-order valence-corrected chi connectivity index (χ3v) is 5.34. The Morgan fingerprint density at radius 1 is 0.295 bits per heavy atom. The van der Waals surface area contributed by atoms with Crippen molar-refractivity contribution < 1.29 is 61.6 Å². The van der Waals surface area contributed by atoms with Crippen molar-refractivity contribution in [1.82, 2.24) is 0 Å². The smallest absolute Gasteiger partial charge is 0.0704 e. The summed E-state index contributed by atoms with van der Waals surface area (Å²) in [5, 5.41) is 0. The first-order valence-electron chi connectivity index (χ1n) is 16.0. The summed E-state index contributed by atoms with van der Waals surface area (Å²) >= 11 is 0. The number of hydrogen-bond donors (Lipinski definition) is 0. The average Bonchev–Trinajstić information content (AvgIpc) is 3.04. The summed E-state index contributed by atoms with van der Waals surface area (Å²) < 4.78 is 70.6. The first-order valence-corrected chi connectivity index (χ1v) is 16.0. The molecule has 0 radical (unpaired) electrons. The maximum atomic E-state index is 5.48. The molecule has 0 aromatic heterocycles. The molecule has 0 N–H and O–H groups in total. The van der Waals surface area contributed by atoms with Crippen molar-refractivity contribution in [2.75, 3.05) is 172 Å². The summed E-state index contributed by atoms with van der Waals surface area (Å²) in [5.41, 5.74) is 0. The molecule has 0 heterocycles. The van der Waals surface area contributed by atoms with Gasteiger partial charge in [-0.1, -0.05) is 19.4 Å².